The molecule has 1 aliphatic heterocycles. The highest BCUT2D eigenvalue weighted by atomic mass is 35.5. The van der Waals surface area contributed by atoms with Crippen LogP contribution in [0.25, 0.3) is 0 Å². The Bertz CT molecular complexity index is 577. The van der Waals surface area contributed by atoms with Crippen LogP contribution in [0, 0.1) is 0 Å². The lowest BCUT2D eigenvalue weighted by molar-refractivity contribution is -0.142. The van der Waals surface area contributed by atoms with E-state index in [9.17, 15) is 14.7 Å². The molecule has 4 nitrogen and oxygen atoms in total. The topological polar surface area (TPSA) is 63.6 Å². The van der Waals surface area contributed by atoms with Gasteiger partial charge in [0.05, 0.1) is 5.57 Å². The van der Waals surface area contributed by atoms with Gasteiger partial charge in [0.2, 0.25) is 5.76 Å². The maximum atomic E-state index is 11.4. The zero-order valence-electron chi connectivity index (χ0n) is 9.24. The minimum absolute atomic E-state index is 0.0933. The molecule has 1 atom stereocenters. The smallest absolute Gasteiger partial charge is 0.374 e. The summed E-state index contributed by atoms with van der Waals surface area (Å²) in [5.74, 6) is -2.05. The SMILES string of the molecule is CC(=O)C1=C(O)C(=O)O[C@H]1c1ccc(Cl)cc1Cl. The monoisotopic (exact) mass is 286 g/mol. The van der Waals surface area contributed by atoms with Crippen LogP contribution in [0.3, 0.4) is 0 Å². The minimum atomic E-state index is -0.986. The minimum Gasteiger partial charge on any atom is -0.501 e. The second-order valence-electron chi connectivity index (χ2n) is 3.77. The van der Waals surface area contributed by atoms with Crippen molar-refractivity contribution in [2.75, 3.05) is 0 Å². The molecule has 0 aromatic heterocycles. The molecule has 0 unspecified atom stereocenters. The largest absolute Gasteiger partial charge is 0.501 e. The lowest BCUT2D eigenvalue weighted by Crippen LogP contribution is -2.08. The van der Waals surface area contributed by atoms with Crippen LogP contribution in [-0.2, 0) is 14.3 Å². The molecule has 18 heavy (non-hydrogen) atoms. The summed E-state index contributed by atoms with van der Waals surface area (Å²) in [6.07, 6.45) is -0.986. The molecule has 1 heterocycles. The molecule has 0 saturated carbocycles. The third-order valence-electron chi connectivity index (χ3n) is 2.56. The third-order valence-corrected chi connectivity index (χ3v) is 3.12. The fourth-order valence-electron chi connectivity index (χ4n) is 1.74. The van der Waals surface area contributed by atoms with Crippen molar-refractivity contribution in [3.05, 3.63) is 45.1 Å². The molecule has 0 saturated heterocycles. The molecule has 2 rings (SSSR count). The summed E-state index contributed by atoms with van der Waals surface area (Å²) < 4.78 is 4.94. The van der Waals surface area contributed by atoms with Gasteiger partial charge in [-0.05, 0) is 19.1 Å². The van der Waals surface area contributed by atoms with Crippen molar-refractivity contribution in [1.82, 2.24) is 0 Å². The van der Waals surface area contributed by atoms with Gasteiger partial charge in [-0.2, -0.15) is 0 Å². The Morgan fingerprint density at radius 1 is 1.39 bits per heavy atom. The van der Waals surface area contributed by atoms with Crippen molar-refractivity contribution < 1.29 is 19.4 Å². The van der Waals surface area contributed by atoms with Gasteiger partial charge in [-0.1, -0.05) is 29.3 Å². The van der Waals surface area contributed by atoms with Crippen LogP contribution in [-0.4, -0.2) is 16.9 Å². The standard InChI is InChI=1S/C12H8Cl2O4/c1-5(15)9-10(16)12(17)18-11(9)7-3-2-6(13)4-8(7)14/h2-4,11,16H,1H3/t11-/m0/s1. The average Bonchev–Trinajstić information content (AvgIpc) is 2.55. The molecule has 1 N–H and O–H groups in total. The van der Waals surface area contributed by atoms with Crippen molar-refractivity contribution in [2.45, 2.75) is 13.0 Å². The zero-order valence-corrected chi connectivity index (χ0v) is 10.7. The number of esters is 1. The van der Waals surface area contributed by atoms with Gasteiger partial charge in [0.15, 0.2) is 11.9 Å². The zero-order chi connectivity index (χ0) is 13.4. The lowest BCUT2D eigenvalue weighted by Gasteiger charge is -2.13. The number of hydrogen-bond acceptors (Lipinski definition) is 4. The van der Waals surface area contributed by atoms with E-state index >= 15 is 0 Å². The predicted octanol–water partition coefficient (Wildman–Crippen LogP) is 2.99. The number of cyclic esters (lactones) is 1. The van der Waals surface area contributed by atoms with Gasteiger partial charge in [0.25, 0.3) is 0 Å². The Balaban J connectivity index is 2.52. The quantitative estimate of drug-likeness (QED) is 0.849. The van der Waals surface area contributed by atoms with Crippen LogP contribution in [0.2, 0.25) is 10.0 Å². The second-order valence-corrected chi connectivity index (χ2v) is 4.61. The van der Waals surface area contributed by atoms with Gasteiger partial charge in [-0.3, -0.25) is 4.79 Å². The van der Waals surface area contributed by atoms with E-state index in [2.05, 4.69) is 0 Å². The van der Waals surface area contributed by atoms with Crippen molar-refractivity contribution in [2.24, 2.45) is 0 Å². The van der Waals surface area contributed by atoms with Gasteiger partial charge in [-0.25, -0.2) is 4.79 Å². The molecule has 1 aromatic rings. The molecule has 0 radical (unpaired) electrons. The Labute approximate surface area is 113 Å². The van der Waals surface area contributed by atoms with Gasteiger partial charge in [-0.15, -0.1) is 0 Å². The van der Waals surface area contributed by atoms with Crippen molar-refractivity contribution in [3.63, 3.8) is 0 Å². The molecule has 1 aromatic carbocycles. The summed E-state index contributed by atoms with van der Waals surface area (Å²) >= 11 is 11.7. The van der Waals surface area contributed by atoms with Gasteiger partial charge >= 0.3 is 5.97 Å². The fourth-order valence-corrected chi connectivity index (χ4v) is 2.25. The van der Waals surface area contributed by atoms with Crippen LogP contribution < -0.4 is 0 Å². The van der Waals surface area contributed by atoms with Crippen LogP contribution in [0.1, 0.15) is 18.6 Å². The number of hydrogen-bond donors (Lipinski definition) is 1. The summed E-state index contributed by atoms with van der Waals surface area (Å²) in [5.41, 5.74) is 0.313. The Morgan fingerprint density at radius 2 is 2.06 bits per heavy atom. The molecule has 0 fully saturated rings. The Morgan fingerprint density at radius 3 is 2.61 bits per heavy atom. The van der Waals surface area contributed by atoms with Crippen molar-refractivity contribution in [3.8, 4) is 0 Å². The number of benzene rings is 1. The number of halogens is 2. The van der Waals surface area contributed by atoms with E-state index in [1.807, 2.05) is 0 Å². The highest BCUT2D eigenvalue weighted by Gasteiger charge is 2.38. The lowest BCUT2D eigenvalue weighted by atomic mass is 9.99. The van der Waals surface area contributed by atoms with Gasteiger partial charge in [0, 0.05) is 15.6 Å². The first kappa shape index (κ1) is 12.9. The number of carbonyl (C=O) groups excluding carboxylic acids is 2. The first-order chi connectivity index (χ1) is 8.41. The number of ether oxygens (including phenoxy) is 1. The van der Waals surface area contributed by atoms with Crippen LogP contribution in [0.4, 0.5) is 0 Å². The number of rotatable bonds is 2. The van der Waals surface area contributed by atoms with E-state index in [-0.39, 0.29) is 10.6 Å². The maximum absolute atomic E-state index is 11.4. The Kier molecular flexibility index (Phi) is 3.32. The van der Waals surface area contributed by atoms with E-state index in [0.29, 0.717) is 10.6 Å². The molecule has 94 valence electrons. The fraction of sp³-hybridized carbons (Fsp3) is 0.167. The van der Waals surface area contributed by atoms with Crippen molar-refractivity contribution >= 4 is 35.0 Å². The molecule has 6 heteroatoms. The first-order valence-electron chi connectivity index (χ1n) is 5.02. The van der Waals surface area contributed by atoms with E-state index < -0.39 is 23.6 Å². The Hall–Kier alpha value is -1.52. The highest BCUT2D eigenvalue weighted by Crippen LogP contribution is 2.38. The second kappa shape index (κ2) is 4.63. The number of ketones is 1. The van der Waals surface area contributed by atoms with E-state index in [0.717, 1.165) is 0 Å². The third kappa shape index (κ3) is 2.09. The van der Waals surface area contributed by atoms with Crippen LogP contribution in [0.5, 0.6) is 0 Å². The molecule has 0 spiro atoms. The predicted molar refractivity (Wildman–Crippen MR) is 65.6 cm³/mol. The molecule has 1 aliphatic rings. The summed E-state index contributed by atoms with van der Waals surface area (Å²) in [4.78, 5) is 22.7. The molecular weight excluding hydrogens is 279 g/mol. The summed E-state index contributed by atoms with van der Waals surface area (Å²) in [7, 11) is 0. The van der Waals surface area contributed by atoms with E-state index in [4.69, 9.17) is 27.9 Å². The summed E-state index contributed by atoms with van der Waals surface area (Å²) in [6.45, 7) is 1.24. The molecule has 0 aliphatic carbocycles. The summed E-state index contributed by atoms with van der Waals surface area (Å²) in [6, 6.07) is 4.58. The number of aliphatic hydroxyl groups excluding tert-OH is 1. The maximum Gasteiger partial charge on any atom is 0.374 e. The van der Waals surface area contributed by atoms with Gasteiger partial charge in [0.1, 0.15) is 0 Å². The van der Waals surface area contributed by atoms with Crippen molar-refractivity contribution in [1.29, 1.82) is 0 Å². The summed E-state index contributed by atoms with van der Waals surface area (Å²) in [5, 5.41) is 10.2. The van der Waals surface area contributed by atoms with Crippen LogP contribution >= 0.6 is 23.2 Å². The van der Waals surface area contributed by atoms with E-state index in [1.165, 1.54) is 13.0 Å². The number of aliphatic hydroxyl groups is 1. The average molecular weight is 287 g/mol. The van der Waals surface area contributed by atoms with E-state index in [1.54, 1.807) is 12.1 Å². The molecule has 0 bridgehead atoms. The highest BCUT2D eigenvalue weighted by molar-refractivity contribution is 6.35. The number of carbonyl (C=O) groups is 2. The molecular formula is C12H8Cl2O4. The normalized spacial score (nSPS) is 19.1. The van der Waals surface area contributed by atoms with Crippen LogP contribution in [0.15, 0.2) is 29.5 Å². The molecule has 0 amide bonds. The van der Waals surface area contributed by atoms with Gasteiger partial charge < -0.3 is 9.84 Å². The first-order valence-corrected chi connectivity index (χ1v) is 5.77. The number of Topliss-reactive ketones (excluding diaryl/α,β-unsaturated/α-hetero) is 1.